The summed E-state index contributed by atoms with van der Waals surface area (Å²) in [6.45, 7) is 8.04. The highest BCUT2D eigenvalue weighted by molar-refractivity contribution is 7.09. The topological polar surface area (TPSA) is 67.1 Å². The van der Waals surface area contributed by atoms with Crippen molar-refractivity contribution in [1.82, 2.24) is 9.97 Å². The van der Waals surface area contributed by atoms with Gasteiger partial charge in [-0.25, -0.2) is 15.8 Å². The lowest BCUT2D eigenvalue weighted by Gasteiger charge is -2.24. The third-order valence-corrected chi connectivity index (χ3v) is 4.25. The van der Waals surface area contributed by atoms with E-state index < -0.39 is 0 Å². The van der Waals surface area contributed by atoms with Crippen LogP contribution < -0.4 is 16.2 Å². The van der Waals surface area contributed by atoms with Crippen LogP contribution in [0.4, 0.5) is 11.6 Å². The van der Waals surface area contributed by atoms with Crippen LogP contribution in [0, 0.1) is 6.92 Å². The molecule has 6 heteroatoms. The molecule has 0 fully saturated rings. The Bertz CT molecular complexity index is 568. The molecule has 3 N–H and O–H groups in total. The van der Waals surface area contributed by atoms with E-state index in [1.54, 1.807) is 11.3 Å². The molecule has 2 aromatic heterocycles. The van der Waals surface area contributed by atoms with E-state index in [9.17, 15) is 0 Å². The molecule has 0 saturated carbocycles. The Morgan fingerprint density at radius 1 is 1.33 bits per heavy atom. The van der Waals surface area contributed by atoms with Crippen molar-refractivity contribution in [3.63, 3.8) is 0 Å². The van der Waals surface area contributed by atoms with Crippen molar-refractivity contribution in [2.75, 3.05) is 16.9 Å². The SMILES string of the molecule is CCCc1nc(NN)c(C)c(N(CC)Cc2cccs2)n1. The van der Waals surface area contributed by atoms with Crippen molar-refractivity contribution in [2.45, 2.75) is 40.2 Å². The number of nitrogen functional groups attached to an aromatic ring is 1. The molecule has 114 valence electrons. The Labute approximate surface area is 130 Å². The van der Waals surface area contributed by atoms with E-state index in [0.717, 1.165) is 43.1 Å². The predicted molar refractivity (Wildman–Crippen MR) is 89.6 cm³/mol. The van der Waals surface area contributed by atoms with Crippen LogP contribution >= 0.6 is 11.3 Å². The summed E-state index contributed by atoms with van der Waals surface area (Å²) in [6, 6.07) is 4.23. The van der Waals surface area contributed by atoms with Crippen molar-refractivity contribution in [3.05, 3.63) is 33.8 Å². The molecule has 0 aliphatic rings. The fourth-order valence-electron chi connectivity index (χ4n) is 2.26. The Morgan fingerprint density at radius 2 is 2.14 bits per heavy atom. The molecule has 0 radical (unpaired) electrons. The zero-order valence-electron chi connectivity index (χ0n) is 12.9. The molecule has 0 bridgehead atoms. The molecule has 0 saturated heterocycles. The van der Waals surface area contributed by atoms with E-state index in [1.165, 1.54) is 4.88 Å². The molecule has 2 aromatic rings. The number of anilines is 2. The summed E-state index contributed by atoms with van der Waals surface area (Å²) in [5.41, 5.74) is 3.69. The van der Waals surface area contributed by atoms with Gasteiger partial charge in [0.1, 0.15) is 17.5 Å². The largest absolute Gasteiger partial charge is 0.351 e. The second-order valence-electron chi connectivity index (χ2n) is 4.92. The number of nitrogens with one attached hydrogen (secondary N) is 1. The number of hydrogen-bond acceptors (Lipinski definition) is 6. The van der Waals surface area contributed by atoms with Crippen LogP contribution in [0.3, 0.4) is 0 Å². The van der Waals surface area contributed by atoms with E-state index in [0.29, 0.717) is 5.82 Å². The lowest BCUT2D eigenvalue weighted by molar-refractivity contribution is 0.779. The number of thiophene rings is 1. The van der Waals surface area contributed by atoms with E-state index in [1.807, 2.05) is 6.92 Å². The minimum Gasteiger partial charge on any atom is -0.351 e. The molecule has 0 unspecified atom stereocenters. The predicted octanol–water partition coefficient (Wildman–Crippen LogP) is 3.11. The summed E-state index contributed by atoms with van der Waals surface area (Å²) in [5, 5.41) is 2.10. The molecule has 2 heterocycles. The van der Waals surface area contributed by atoms with Crippen LogP contribution in [-0.4, -0.2) is 16.5 Å². The highest BCUT2D eigenvalue weighted by atomic mass is 32.1. The molecule has 0 amide bonds. The molecule has 2 rings (SSSR count). The van der Waals surface area contributed by atoms with Crippen molar-refractivity contribution in [1.29, 1.82) is 0 Å². The summed E-state index contributed by atoms with van der Waals surface area (Å²) < 4.78 is 0. The number of rotatable bonds is 7. The quantitative estimate of drug-likeness (QED) is 0.608. The normalized spacial score (nSPS) is 10.7. The standard InChI is InChI=1S/C15H23N5S/c1-4-7-13-17-14(19-16)11(3)15(18-13)20(5-2)10-12-8-6-9-21-12/h6,8-9H,4-5,7,10,16H2,1-3H3,(H,17,18,19). The maximum atomic E-state index is 5.61. The van der Waals surface area contributed by atoms with Gasteiger partial charge in [-0.15, -0.1) is 11.3 Å². The van der Waals surface area contributed by atoms with Crippen LogP contribution in [0.2, 0.25) is 0 Å². The Balaban J connectivity index is 2.36. The zero-order chi connectivity index (χ0) is 15.2. The second kappa shape index (κ2) is 7.38. The molecular weight excluding hydrogens is 282 g/mol. The van der Waals surface area contributed by atoms with Gasteiger partial charge in [0.15, 0.2) is 0 Å². The van der Waals surface area contributed by atoms with Gasteiger partial charge in [-0.05, 0) is 31.7 Å². The Morgan fingerprint density at radius 3 is 2.71 bits per heavy atom. The maximum absolute atomic E-state index is 5.61. The van der Waals surface area contributed by atoms with Crippen LogP contribution in [-0.2, 0) is 13.0 Å². The fraction of sp³-hybridized carbons (Fsp3) is 0.467. The smallest absolute Gasteiger partial charge is 0.148 e. The minimum atomic E-state index is 0.716. The molecule has 0 aliphatic carbocycles. The maximum Gasteiger partial charge on any atom is 0.148 e. The molecule has 5 nitrogen and oxygen atoms in total. The summed E-state index contributed by atoms with van der Waals surface area (Å²) in [7, 11) is 0. The van der Waals surface area contributed by atoms with Crippen LogP contribution in [0.1, 0.15) is 36.5 Å². The van der Waals surface area contributed by atoms with Gasteiger partial charge in [-0.2, -0.15) is 0 Å². The van der Waals surface area contributed by atoms with Gasteiger partial charge in [0, 0.05) is 23.4 Å². The van der Waals surface area contributed by atoms with Gasteiger partial charge in [0.05, 0.1) is 6.54 Å². The number of hydrogen-bond donors (Lipinski definition) is 2. The summed E-state index contributed by atoms with van der Waals surface area (Å²) >= 11 is 1.77. The van der Waals surface area contributed by atoms with Crippen molar-refractivity contribution >= 4 is 23.0 Å². The summed E-state index contributed by atoms with van der Waals surface area (Å²) in [5.74, 6) is 8.13. The second-order valence-corrected chi connectivity index (χ2v) is 5.96. The van der Waals surface area contributed by atoms with Gasteiger partial charge in [0.2, 0.25) is 0 Å². The highest BCUT2D eigenvalue weighted by Gasteiger charge is 2.16. The van der Waals surface area contributed by atoms with Gasteiger partial charge in [-0.1, -0.05) is 13.0 Å². The van der Waals surface area contributed by atoms with Crippen LogP contribution in [0.15, 0.2) is 17.5 Å². The van der Waals surface area contributed by atoms with Crippen molar-refractivity contribution < 1.29 is 0 Å². The highest BCUT2D eigenvalue weighted by Crippen LogP contribution is 2.25. The molecule has 0 aliphatic heterocycles. The first-order chi connectivity index (χ1) is 10.2. The zero-order valence-corrected chi connectivity index (χ0v) is 13.7. The molecule has 0 aromatic carbocycles. The third-order valence-electron chi connectivity index (χ3n) is 3.38. The monoisotopic (exact) mass is 305 g/mol. The first kappa shape index (κ1) is 15.7. The average Bonchev–Trinajstić information content (AvgIpc) is 3.00. The van der Waals surface area contributed by atoms with E-state index in [-0.39, 0.29) is 0 Å². The van der Waals surface area contributed by atoms with Gasteiger partial charge in [-0.3, -0.25) is 0 Å². The number of nitrogens with two attached hydrogens (primary N) is 1. The number of nitrogens with zero attached hydrogens (tertiary/aromatic N) is 3. The van der Waals surface area contributed by atoms with E-state index in [2.05, 4.69) is 46.7 Å². The van der Waals surface area contributed by atoms with E-state index in [4.69, 9.17) is 10.8 Å². The third kappa shape index (κ3) is 3.71. The van der Waals surface area contributed by atoms with Crippen molar-refractivity contribution in [2.24, 2.45) is 5.84 Å². The van der Waals surface area contributed by atoms with Crippen molar-refractivity contribution in [3.8, 4) is 0 Å². The average molecular weight is 305 g/mol. The fourth-order valence-corrected chi connectivity index (χ4v) is 2.98. The minimum absolute atomic E-state index is 0.716. The number of aryl methyl sites for hydroxylation is 1. The molecular formula is C15H23N5S. The van der Waals surface area contributed by atoms with E-state index >= 15 is 0 Å². The molecule has 0 atom stereocenters. The summed E-state index contributed by atoms with van der Waals surface area (Å²) in [4.78, 5) is 12.8. The Hall–Kier alpha value is -1.66. The molecule has 0 spiro atoms. The first-order valence-corrected chi connectivity index (χ1v) is 8.19. The van der Waals surface area contributed by atoms with Crippen LogP contribution in [0.5, 0.6) is 0 Å². The number of aromatic nitrogens is 2. The lowest BCUT2D eigenvalue weighted by atomic mass is 10.2. The first-order valence-electron chi connectivity index (χ1n) is 7.31. The summed E-state index contributed by atoms with van der Waals surface area (Å²) in [6.07, 6.45) is 1.88. The number of hydrazine groups is 1. The van der Waals surface area contributed by atoms with Crippen LogP contribution in [0.25, 0.3) is 0 Å². The van der Waals surface area contributed by atoms with Gasteiger partial charge < -0.3 is 10.3 Å². The van der Waals surface area contributed by atoms with Gasteiger partial charge in [0.25, 0.3) is 0 Å². The lowest BCUT2D eigenvalue weighted by Crippen LogP contribution is -2.25. The Kier molecular flexibility index (Phi) is 5.52. The molecule has 21 heavy (non-hydrogen) atoms. The van der Waals surface area contributed by atoms with Gasteiger partial charge >= 0.3 is 0 Å².